The van der Waals surface area contributed by atoms with Gasteiger partial charge in [0.15, 0.2) is 5.60 Å². The molecule has 0 aliphatic carbocycles. The molecule has 0 amide bonds. The molecule has 4 aromatic rings. The van der Waals surface area contributed by atoms with Gasteiger partial charge in [-0.05, 0) is 35.0 Å². The number of hydrogen-bond acceptors (Lipinski definition) is 3. The van der Waals surface area contributed by atoms with Gasteiger partial charge in [0.1, 0.15) is 5.75 Å². The molecule has 1 heterocycles. The van der Waals surface area contributed by atoms with Crippen molar-refractivity contribution in [1.82, 2.24) is 0 Å². The number of phenolic OH excluding ortho intramolecular Hbond substituents is 1. The Morgan fingerprint density at radius 3 is 2.26 bits per heavy atom. The van der Waals surface area contributed by atoms with E-state index in [1.165, 1.54) is 0 Å². The number of cyclic esters (lactones) is 1. The first-order chi connectivity index (χ1) is 13.2. The lowest BCUT2D eigenvalue weighted by atomic mass is 9.79. The predicted octanol–water partition coefficient (Wildman–Crippen LogP) is 5.01. The summed E-state index contributed by atoms with van der Waals surface area (Å²) in [5.41, 5.74) is 2.24. The third-order valence-electron chi connectivity index (χ3n) is 5.18. The highest BCUT2D eigenvalue weighted by Gasteiger charge is 2.48. The summed E-state index contributed by atoms with van der Waals surface area (Å²) in [5, 5.41) is 11.6. The highest BCUT2D eigenvalue weighted by atomic mass is 16.6. The van der Waals surface area contributed by atoms with Gasteiger partial charge in [0.05, 0.1) is 5.56 Å². The lowest BCUT2D eigenvalue weighted by Crippen LogP contribution is -2.29. The van der Waals surface area contributed by atoms with Crippen LogP contribution in [0.1, 0.15) is 27.0 Å². The van der Waals surface area contributed by atoms with E-state index in [4.69, 9.17) is 4.74 Å². The molecular weight excluding hydrogens is 336 g/mol. The van der Waals surface area contributed by atoms with Gasteiger partial charge >= 0.3 is 5.97 Å². The Labute approximate surface area is 156 Å². The van der Waals surface area contributed by atoms with Crippen LogP contribution in [0, 0.1) is 0 Å². The summed E-state index contributed by atoms with van der Waals surface area (Å²) in [6.45, 7) is 0. The molecule has 1 N–H and O–H groups in total. The molecule has 1 aliphatic heterocycles. The summed E-state index contributed by atoms with van der Waals surface area (Å²) in [6, 6.07) is 28.5. The first-order valence-corrected chi connectivity index (χ1v) is 8.80. The minimum atomic E-state index is -0.985. The number of aromatic hydroxyl groups is 1. The second-order valence-electron chi connectivity index (χ2n) is 6.73. The molecule has 5 rings (SSSR count). The van der Waals surface area contributed by atoms with Crippen molar-refractivity contribution in [1.29, 1.82) is 0 Å². The van der Waals surface area contributed by atoms with E-state index in [1.807, 2.05) is 72.8 Å². The molecule has 0 unspecified atom stereocenters. The minimum absolute atomic E-state index is 0.227. The van der Waals surface area contributed by atoms with Crippen molar-refractivity contribution in [3.8, 4) is 5.75 Å². The summed E-state index contributed by atoms with van der Waals surface area (Å²) in [7, 11) is 0. The van der Waals surface area contributed by atoms with Gasteiger partial charge in [0.2, 0.25) is 0 Å². The van der Waals surface area contributed by atoms with Crippen molar-refractivity contribution in [2.45, 2.75) is 5.60 Å². The van der Waals surface area contributed by atoms with Gasteiger partial charge in [-0.1, -0.05) is 66.7 Å². The maximum absolute atomic E-state index is 12.7. The van der Waals surface area contributed by atoms with E-state index in [0.717, 1.165) is 27.5 Å². The molecule has 0 radical (unpaired) electrons. The Morgan fingerprint density at radius 2 is 1.41 bits per heavy atom. The average molecular weight is 352 g/mol. The van der Waals surface area contributed by atoms with Crippen LogP contribution in [0.4, 0.5) is 0 Å². The Bertz CT molecular complexity index is 1180. The van der Waals surface area contributed by atoms with Crippen LogP contribution in [0.5, 0.6) is 5.75 Å². The molecule has 3 nitrogen and oxygen atoms in total. The zero-order chi connectivity index (χ0) is 18.4. The maximum Gasteiger partial charge on any atom is 0.340 e. The van der Waals surface area contributed by atoms with Crippen molar-refractivity contribution in [2.75, 3.05) is 0 Å². The molecule has 130 valence electrons. The van der Waals surface area contributed by atoms with Crippen molar-refractivity contribution in [2.24, 2.45) is 0 Å². The second kappa shape index (κ2) is 5.71. The van der Waals surface area contributed by atoms with Gasteiger partial charge in [0, 0.05) is 16.7 Å². The highest BCUT2D eigenvalue weighted by molar-refractivity contribution is 5.96. The molecule has 0 aromatic heterocycles. The van der Waals surface area contributed by atoms with E-state index in [0.29, 0.717) is 5.56 Å². The molecule has 0 saturated carbocycles. The van der Waals surface area contributed by atoms with E-state index < -0.39 is 5.60 Å². The second-order valence-corrected chi connectivity index (χ2v) is 6.73. The van der Waals surface area contributed by atoms with Crippen LogP contribution in [0.25, 0.3) is 10.8 Å². The van der Waals surface area contributed by atoms with Crippen molar-refractivity contribution in [3.05, 3.63) is 113 Å². The number of fused-ring (bicyclic) bond motifs is 2. The first kappa shape index (κ1) is 15.6. The summed E-state index contributed by atoms with van der Waals surface area (Å²) in [6.07, 6.45) is 0. The summed E-state index contributed by atoms with van der Waals surface area (Å²) < 4.78 is 6.08. The van der Waals surface area contributed by atoms with Gasteiger partial charge in [0.25, 0.3) is 0 Å². The standard InChI is InChI=1S/C24H16O3/c25-20-13-11-16-14-19(12-10-17(16)15-20)24(18-6-2-1-3-7-18)22-9-5-4-8-21(22)23(26)27-24/h1-15,25H/t24-/m1/s1. The first-order valence-electron chi connectivity index (χ1n) is 8.80. The lowest BCUT2D eigenvalue weighted by Gasteiger charge is -2.30. The molecule has 27 heavy (non-hydrogen) atoms. The van der Waals surface area contributed by atoms with Crippen LogP contribution in [-0.2, 0) is 10.3 Å². The molecule has 4 aromatic carbocycles. The smallest absolute Gasteiger partial charge is 0.340 e. The number of carbonyl (C=O) groups is 1. The molecule has 1 atom stereocenters. The molecule has 0 saturated heterocycles. The fraction of sp³-hybridized carbons (Fsp3) is 0.0417. The van der Waals surface area contributed by atoms with E-state index in [-0.39, 0.29) is 11.7 Å². The van der Waals surface area contributed by atoms with E-state index in [2.05, 4.69) is 0 Å². The predicted molar refractivity (Wildman–Crippen MR) is 104 cm³/mol. The van der Waals surface area contributed by atoms with Crippen molar-refractivity contribution >= 4 is 16.7 Å². The van der Waals surface area contributed by atoms with Gasteiger partial charge in [-0.3, -0.25) is 0 Å². The quantitative estimate of drug-likeness (QED) is 0.516. The zero-order valence-corrected chi connectivity index (χ0v) is 14.4. The van der Waals surface area contributed by atoms with Crippen LogP contribution < -0.4 is 0 Å². The topological polar surface area (TPSA) is 46.5 Å². The minimum Gasteiger partial charge on any atom is -0.508 e. The third-order valence-corrected chi connectivity index (χ3v) is 5.18. The molecular formula is C24H16O3. The summed E-state index contributed by atoms with van der Waals surface area (Å²) >= 11 is 0. The molecule has 0 spiro atoms. The zero-order valence-electron chi connectivity index (χ0n) is 14.4. The van der Waals surface area contributed by atoms with Crippen molar-refractivity contribution in [3.63, 3.8) is 0 Å². The fourth-order valence-corrected chi connectivity index (χ4v) is 3.94. The largest absolute Gasteiger partial charge is 0.508 e. The number of carbonyl (C=O) groups excluding carboxylic acids is 1. The highest BCUT2D eigenvalue weighted by Crippen LogP contribution is 2.47. The van der Waals surface area contributed by atoms with Crippen molar-refractivity contribution < 1.29 is 14.6 Å². The molecule has 0 fully saturated rings. The monoisotopic (exact) mass is 352 g/mol. The maximum atomic E-state index is 12.7. The Hall–Kier alpha value is -3.59. The lowest BCUT2D eigenvalue weighted by molar-refractivity contribution is 0.0252. The summed E-state index contributed by atoms with van der Waals surface area (Å²) in [4.78, 5) is 12.7. The normalized spacial score (nSPS) is 18.3. The van der Waals surface area contributed by atoms with Crippen LogP contribution in [-0.4, -0.2) is 11.1 Å². The van der Waals surface area contributed by atoms with Crippen LogP contribution in [0.15, 0.2) is 91.0 Å². The SMILES string of the molecule is O=C1O[C@](c2ccccc2)(c2ccc3cc(O)ccc3c2)c2ccccc21. The Balaban J connectivity index is 1.83. The van der Waals surface area contributed by atoms with Gasteiger partial charge < -0.3 is 9.84 Å². The van der Waals surface area contributed by atoms with Gasteiger partial charge in [-0.2, -0.15) is 0 Å². The number of ether oxygens (including phenoxy) is 1. The van der Waals surface area contributed by atoms with Crippen LogP contribution in [0.3, 0.4) is 0 Å². The van der Waals surface area contributed by atoms with Crippen LogP contribution in [0.2, 0.25) is 0 Å². The van der Waals surface area contributed by atoms with E-state index in [1.54, 1.807) is 18.2 Å². The van der Waals surface area contributed by atoms with E-state index >= 15 is 0 Å². The molecule has 1 aliphatic rings. The summed E-state index contributed by atoms with van der Waals surface area (Å²) in [5.74, 6) is -0.0917. The number of hydrogen-bond donors (Lipinski definition) is 1. The Kier molecular flexibility index (Phi) is 3.31. The van der Waals surface area contributed by atoms with Gasteiger partial charge in [-0.15, -0.1) is 0 Å². The number of rotatable bonds is 2. The average Bonchev–Trinajstić information content (AvgIpc) is 3.02. The number of benzene rings is 4. The number of esters is 1. The number of phenols is 1. The molecule has 0 bridgehead atoms. The van der Waals surface area contributed by atoms with E-state index in [9.17, 15) is 9.90 Å². The molecule has 3 heteroatoms. The van der Waals surface area contributed by atoms with Crippen LogP contribution >= 0.6 is 0 Å². The van der Waals surface area contributed by atoms with Gasteiger partial charge in [-0.25, -0.2) is 4.79 Å². The third kappa shape index (κ3) is 2.25. The Morgan fingerprint density at radius 1 is 0.704 bits per heavy atom. The fourth-order valence-electron chi connectivity index (χ4n) is 3.94.